The van der Waals surface area contributed by atoms with Gasteiger partial charge in [-0.25, -0.2) is 4.79 Å². The maximum Gasteiger partial charge on any atom is 0.326 e. The van der Waals surface area contributed by atoms with Crippen LogP contribution in [0.4, 0.5) is 0 Å². The third-order valence-corrected chi connectivity index (χ3v) is 6.57. The zero-order valence-electron chi connectivity index (χ0n) is 19.8. The van der Waals surface area contributed by atoms with E-state index in [1.165, 1.54) is 11.8 Å². The number of aliphatic carboxylic acids is 1. The van der Waals surface area contributed by atoms with Crippen LogP contribution in [0.1, 0.15) is 22.3 Å². The molecule has 4 N–H and O–H groups in total. The smallest absolute Gasteiger partial charge is 0.326 e. The summed E-state index contributed by atoms with van der Waals surface area (Å²) in [6, 6.07) is 19.8. The van der Waals surface area contributed by atoms with Crippen LogP contribution in [0.2, 0.25) is 0 Å². The third kappa shape index (κ3) is 5.31. The number of hydrogen-bond acceptors (Lipinski definition) is 5. The van der Waals surface area contributed by atoms with Gasteiger partial charge in [-0.2, -0.15) is 11.8 Å². The number of nitrogens with zero attached hydrogens (tertiary/aromatic N) is 1. The van der Waals surface area contributed by atoms with Crippen molar-refractivity contribution in [1.29, 1.82) is 0 Å². The zero-order valence-corrected chi connectivity index (χ0v) is 20.6. The molecule has 4 aromatic rings. The number of fused-ring (bicyclic) bond motifs is 3. The molecule has 1 aromatic heterocycles. The number of carbonyl (C=O) groups excluding carboxylic acids is 2. The number of ether oxygens (including phenoxy) is 1. The van der Waals surface area contributed by atoms with Crippen molar-refractivity contribution in [3.63, 3.8) is 0 Å². The first-order valence-corrected chi connectivity index (χ1v) is 12.8. The second-order valence-corrected chi connectivity index (χ2v) is 9.30. The van der Waals surface area contributed by atoms with Gasteiger partial charge in [0.25, 0.3) is 5.91 Å². The molecule has 0 radical (unpaired) electrons. The Labute approximate surface area is 212 Å². The SMILES string of the molecule is CSCC[C@H](NC(=O)COc1cccc2c1c1c(C(N)=O)cccc1n2Cc1ccccc1)C(=O)O. The lowest BCUT2D eigenvalue weighted by Gasteiger charge is -2.15. The molecule has 8 nitrogen and oxygen atoms in total. The van der Waals surface area contributed by atoms with Gasteiger partial charge < -0.3 is 25.5 Å². The standard InChI is InChI=1S/C27H27N3O5S/c1-36-14-13-19(27(33)34)29-23(31)16-35-22-12-6-11-21-25(22)24-18(26(28)32)9-5-10-20(24)30(21)15-17-7-3-2-4-8-17/h2-12,19H,13-16H2,1H3,(H2,28,32)(H,29,31)(H,33,34)/t19-/m0/s1. The van der Waals surface area contributed by atoms with Gasteiger partial charge in [0.05, 0.1) is 16.4 Å². The molecule has 0 unspecified atom stereocenters. The van der Waals surface area contributed by atoms with E-state index >= 15 is 0 Å². The number of amides is 2. The summed E-state index contributed by atoms with van der Waals surface area (Å²) in [5.41, 5.74) is 8.79. The van der Waals surface area contributed by atoms with Crippen molar-refractivity contribution < 1.29 is 24.2 Å². The first kappa shape index (κ1) is 25.1. The lowest BCUT2D eigenvalue weighted by atomic mass is 10.1. The Morgan fingerprint density at radius 2 is 1.69 bits per heavy atom. The highest BCUT2D eigenvalue weighted by atomic mass is 32.2. The molecule has 0 aliphatic rings. The number of hydrogen-bond donors (Lipinski definition) is 3. The molecule has 2 amide bonds. The van der Waals surface area contributed by atoms with Crippen molar-refractivity contribution in [2.24, 2.45) is 5.73 Å². The number of benzene rings is 3. The van der Waals surface area contributed by atoms with Crippen molar-refractivity contribution in [2.75, 3.05) is 18.6 Å². The minimum absolute atomic E-state index is 0.312. The van der Waals surface area contributed by atoms with Crippen molar-refractivity contribution in [1.82, 2.24) is 9.88 Å². The number of carboxylic acids is 1. The second-order valence-electron chi connectivity index (χ2n) is 8.31. The van der Waals surface area contributed by atoms with Crippen LogP contribution in [0.5, 0.6) is 5.75 Å². The second kappa shape index (κ2) is 11.2. The predicted molar refractivity (Wildman–Crippen MR) is 142 cm³/mol. The quantitative estimate of drug-likeness (QED) is 0.286. The van der Waals surface area contributed by atoms with Crippen LogP contribution in [0.3, 0.4) is 0 Å². The summed E-state index contributed by atoms with van der Waals surface area (Å²) < 4.78 is 7.98. The molecule has 0 saturated heterocycles. The summed E-state index contributed by atoms with van der Waals surface area (Å²) in [7, 11) is 0. The summed E-state index contributed by atoms with van der Waals surface area (Å²) in [5, 5.41) is 13.2. The maximum absolute atomic E-state index is 12.5. The molecule has 3 aromatic carbocycles. The van der Waals surface area contributed by atoms with Crippen LogP contribution in [0, 0.1) is 0 Å². The molecule has 9 heteroatoms. The van der Waals surface area contributed by atoms with Crippen LogP contribution in [-0.4, -0.2) is 52.1 Å². The first-order chi connectivity index (χ1) is 17.4. The van der Waals surface area contributed by atoms with Gasteiger partial charge in [-0.15, -0.1) is 0 Å². The van der Waals surface area contributed by atoms with Gasteiger partial charge in [-0.05, 0) is 48.3 Å². The number of aromatic nitrogens is 1. The number of thioether (sulfide) groups is 1. The minimum atomic E-state index is -1.09. The van der Waals surface area contributed by atoms with Crippen LogP contribution >= 0.6 is 11.8 Å². The molecule has 0 saturated carbocycles. The lowest BCUT2D eigenvalue weighted by molar-refractivity contribution is -0.142. The molecular formula is C27H27N3O5S. The molecule has 4 rings (SSSR count). The fourth-order valence-corrected chi connectivity index (χ4v) is 4.76. The summed E-state index contributed by atoms with van der Waals surface area (Å²) in [6.45, 7) is 0.189. The summed E-state index contributed by atoms with van der Waals surface area (Å²) in [6.07, 6.45) is 2.19. The molecule has 36 heavy (non-hydrogen) atoms. The van der Waals surface area contributed by atoms with E-state index in [1.807, 2.05) is 54.8 Å². The predicted octanol–water partition coefficient (Wildman–Crippen LogP) is 3.64. The van der Waals surface area contributed by atoms with E-state index in [4.69, 9.17) is 10.5 Å². The van der Waals surface area contributed by atoms with Crippen LogP contribution < -0.4 is 15.8 Å². The molecule has 0 aliphatic heterocycles. The highest BCUT2D eigenvalue weighted by Gasteiger charge is 2.22. The Morgan fingerprint density at radius 3 is 2.36 bits per heavy atom. The van der Waals surface area contributed by atoms with E-state index in [2.05, 4.69) is 9.88 Å². The Balaban J connectivity index is 1.72. The molecule has 0 spiro atoms. The summed E-state index contributed by atoms with van der Waals surface area (Å²) in [5.74, 6) is -1.18. The monoisotopic (exact) mass is 505 g/mol. The molecule has 1 heterocycles. The minimum Gasteiger partial charge on any atom is -0.483 e. The first-order valence-electron chi connectivity index (χ1n) is 11.4. The fourth-order valence-electron chi connectivity index (χ4n) is 4.29. The molecule has 0 aliphatic carbocycles. The molecule has 1 atom stereocenters. The normalized spacial score (nSPS) is 11.9. The Hall–Kier alpha value is -3.98. The molecule has 186 valence electrons. The van der Waals surface area contributed by atoms with Gasteiger partial charge >= 0.3 is 5.97 Å². The van der Waals surface area contributed by atoms with E-state index in [-0.39, 0.29) is 6.61 Å². The summed E-state index contributed by atoms with van der Waals surface area (Å²) >= 11 is 1.51. The molecular weight excluding hydrogens is 478 g/mol. The number of nitrogens with one attached hydrogen (secondary N) is 1. The number of nitrogens with two attached hydrogens (primary N) is 1. The van der Waals surface area contributed by atoms with E-state index < -0.39 is 23.8 Å². The van der Waals surface area contributed by atoms with Crippen molar-refractivity contribution in [2.45, 2.75) is 19.0 Å². The molecule has 0 bridgehead atoms. The Kier molecular flexibility index (Phi) is 7.80. The number of primary amides is 1. The Morgan fingerprint density at radius 1 is 1.00 bits per heavy atom. The Bertz CT molecular complexity index is 1420. The van der Waals surface area contributed by atoms with Gasteiger partial charge in [0.2, 0.25) is 5.91 Å². The van der Waals surface area contributed by atoms with E-state index in [1.54, 1.807) is 18.2 Å². The average molecular weight is 506 g/mol. The van der Waals surface area contributed by atoms with Gasteiger partial charge in [-0.3, -0.25) is 9.59 Å². The average Bonchev–Trinajstić information content (AvgIpc) is 3.19. The van der Waals surface area contributed by atoms with E-state index in [0.717, 1.165) is 16.6 Å². The van der Waals surface area contributed by atoms with Gasteiger partial charge in [-0.1, -0.05) is 42.5 Å². The van der Waals surface area contributed by atoms with Gasteiger partial charge in [0.1, 0.15) is 11.8 Å². The topological polar surface area (TPSA) is 124 Å². The fraction of sp³-hybridized carbons (Fsp3) is 0.222. The van der Waals surface area contributed by atoms with Crippen molar-refractivity contribution in [3.8, 4) is 5.75 Å². The number of carbonyl (C=O) groups is 3. The van der Waals surface area contributed by atoms with Crippen LogP contribution in [-0.2, 0) is 16.1 Å². The van der Waals surface area contributed by atoms with E-state index in [0.29, 0.717) is 40.8 Å². The van der Waals surface area contributed by atoms with Gasteiger partial charge in [0.15, 0.2) is 6.61 Å². The maximum atomic E-state index is 12.5. The number of carboxylic acid groups (broad SMARTS) is 1. The summed E-state index contributed by atoms with van der Waals surface area (Å²) in [4.78, 5) is 36.3. The highest BCUT2D eigenvalue weighted by molar-refractivity contribution is 7.98. The van der Waals surface area contributed by atoms with Gasteiger partial charge in [0, 0.05) is 17.5 Å². The third-order valence-electron chi connectivity index (χ3n) is 5.93. The van der Waals surface area contributed by atoms with E-state index in [9.17, 15) is 19.5 Å². The number of rotatable bonds is 11. The highest BCUT2D eigenvalue weighted by Crippen LogP contribution is 2.38. The molecule has 0 fully saturated rings. The van der Waals surface area contributed by atoms with Crippen LogP contribution in [0.25, 0.3) is 21.8 Å². The van der Waals surface area contributed by atoms with Crippen molar-refractivity contribution in [3.05, 3.63) is 77.9 Å². The van der Waals surface area contributed by atoms with Crippen LogP contribution in [0.15, 0.2) is 66.7 Å². The lowest BCUT2D eigenvalue weighted by Crippen LogP contribution is -2.43. The zero-order chi connectivity index (χ0) is 25.7. The van der Waals surface area contributed by atoms with Crippen molar-refractivity contribution >= 4 is 51.4 Å². The largest absolute Gasteiger partial charge is 0.483 e.